The molecule has 6 heteroatoms. The molecular formula is C22H24N2O4. The van der Waals surface area contributed by atoms with Crippen LogP contribution in [0.15, 0.2) is 54.6 Å². The first kappa shape index (κ1) is 19.8. The molecule has 0 bridgehead atoms. The zero-order chi connectivity index (χ0) is 19.9. The molecule has 6 nitrogen and oxygen atoms in total. The Morgan fingerprint density at radius 1 is 1.00 bits per heavy atom. The number of hydrogen-bond acceptors (Lipinski definition) is 5. The van der Waals surface area contributed by atoms with Gasteiger partial charge in [0.25, 0.3) is 0 Å². The van der Waals surface area contributed by atoms with Gasteiger partial charge in [-0.15, -0.1) is 0 Å². The third-order valence-electron chi connectivity index (χ3n) is 4.95. The van der Waals surface area contributed by atoms with E-state index in [1.54, 1.807) is 24.3 Å². The maximum atomic E-state index is 12.5. The van der Waals surface area contributed by atoms with Crippen molar-refractivity contribution in [2.45, 2.75) is 12.8 Å². The summed E-state index contributed by atoms with van der Waals surface area (Å²) in [7, 11) is 1.32. The Balaban J connectivity index is 1.49. The maximum absolute atomic E-state index is 12.5. The standard InChI is InChI=1S/C22H24N2O4/c1-28-22(27)18-8-5-9-19(14-18)23-20(25)15-24-12-10-17(11-13-24)21(26)16-6-3-2-4-7-16/h2-9,14,17H,10-13,15H2,1H3,(H,23,25). The fourth-order valence-corrected chi connectivity index (χ4v) is 3.44. The molecular weight excluding hydrogens is 356 g/mol. The van der Waals surface area contributed by atoms with E-state index in [0.717, 1.165) is 18.4 Å². The molecule has 146 valence electrons. The second-order valence-corrected chi connectivity index (χ2v) is 6.90. The largest absolute Gasteiger partial charge is 0.465 e. The number of piperidine rings is 1. The van der Waals surface area contributed by atoms with Crippen molar-refractivity contribution in [3.8, 4) is 0 Å². The van der Waals surface area contributed by atoms with Gasteiger partial charge < -0.3 is 10.1 Å². The van der Waals surface area contributed by atoms with Crippen LogP contribution in [0.5, 0.6) is 0 Å². The van der Waals surface area contributed by atoms with Crippen LogP contribution in [0.1, 0.15) is 33.6 Å². The van der Waals surface area contributed by atoms with E-state index in [1.807, 2.05) is 35.2 Å². The van der Waals surface area contributed by atoms with Crippen molar-refractivity contribution >= 4 is 23.3 Å². The summed E-state index contributed by atoms with van der Waals surface area (Å²) in [5.41, 5.74) is 1.70. The van der Waals surface area contributed by atoms with Gasteiger partial charge >= 0.3 is 5.97 Å². The molecule has 0 spiro atoms. The average Bonchev–Trinajstić information content (AvgIpc) is 2.74. The topological polar surface area (TPSA) is 75.7 Å². The summed E-state index contributed by atoms with van der Waals surface area (Å²) >= 11 is 0. The number of nitrogens with zero attached hydrogens (tertiary/aromatic N) is 1. The molecule has 1 aliphatic rings. The van der Waals surface area contributed by atoms with E-state index in [2.05, 4.69) is 5.32 Å². The van der Waals surface area contributed by atoms with Gasteiger partial charge in [0, 0.05) is 17.2 Å². The number of amides is 1. The molecule has 0 unspecified atom stereocenters. The first-order valence-electron chi connectivity index (χ1n) is 9.36. The number of anilines is 1. The number of carbonyl (C=O) groups is 3. The highest BCUT2D eigenvalue weighted by Crippen LogP contribution is 2.22. The number of ketones is 1. The second kappa shape index (κ2) is 9.28. The Morgan fingerprint density at radius 3 is 2.36 bits per heavy atom. The molecule has 1 N–H and O–H groups in total. The molecule has 2 aromatic carbocycles. The summed E-state index contributed by atoms with van der Waals surface area (Å²) < 4.78 is 4.69. The highest BCUT2D eigenvalue weighted by molar-refractivity contribution is 5.98. The Bertz CT molecular complexity index is 843. The quantitative estimate of drug-likeness (QED) is 0.616. The summed E-state index contributed by atoms with van der Waals surface area (Å²) in [5.74, 6) is -0.390. The van der Waals surface area contributed by atoms with Crippen LogP contribution >= 0.6 is 0 Å². The van der Waals surface area contributed by atoms with E-state index in [9.17, 15) is 14.4 Å². The van der Waals surface area contributed by atoms with E-state index in [4.69, 9.17) is 4.74 Å². The van der Waals surface area contributed by atoms with Crippen LogP contribution in [-0.2, 0) is 9.53 Å². The van der Waals surface area contributed by atoms with Crippen LogP contribution in [0, 0.1) is 5.92 Å². The van der Waals surface area contributed by atoms with E-state index in [0.29, 0.717) is 24.3 Å². The summed E-state index contributed by atoms with van der Waals surface area (Å²) in [6.07, 6.45) is 1.50. The molecule has 1 amide bonds. The van der Waals surface area contributed by atoms with Crippen LogP contribution in [0.2, 0.25) is 0 Å². The molecule has 0 aliphatic carbocycles. The fraction of sp³-hybridized carbons (Fsp3) is 0.318. The zero-order valence-corrected chi connectivity index (χ0v) is 15.9. The molecule has 1 aliphatic heterocycles. The van der Waals surface area contributed by atoms with Gasteiger partial charge in [-0.25, -0.2) is 4.79 Å². The van der Waals surface area contributed by atoms with Crippen molar-refractivity contribution in [2.24, 2.45) is 5.92 Å². The smallest absolute Gasteiger partial charge is 0.337 e. The van der Waals surface area contributed by atoms with E-state index < -0.39 is 5.97 Å². The summed E-state index contributed by atoms with van der Waals surface area (Å²) in [6.45, 7) is 1.67. The minimum atomic E-state index is -0.443. The predicted molar refractivity (Wildman–Crippen MR) is 106 cm³/mol. The lowest BCUT2D eigenvalue weighted by Crippen LogP contribution is -2.40. The van der Waals surface area contributed by atoms with Gasteiger partial charge in [0.15, 0.2) is 5.78 Å². The normalized spacial score (nSPS) is 15.0. The van der Waals surface area contributed by atoms with E-state index >= 15 is 0 Å². The molecule has 0 atom stereocenters. The summed E-state index contributed by atoms with van der Waals surface area (Å²) in [5, 5.41) is 2.81. The van der Waals surface area contributed by atoms with Gasteiger partial charge in [-0.3, -0.25) is 14.5 Å². The molecule has 3 rings (SSSR count). The first-order chi connectivity index (χ1) is 13.6. The number of Topliss-reactive ketones (excluding diaryl/α,β-unsaturated/α-hetero) is 1. The highest BCUT2D eigenvalue weighted by Gasteiger charge is 2.26. The Labute approximate surface area is 164 Å². The first-order valence-corrected chi connectivity index (χ1v) is 9.36. The number of hydrogen-bond donors (Lipinski definition) is 1. The van der Waals surface area contributed by atoms with Gasteiger partial charge in [-0.05, 0) is 44.1 Å². The number of rotatable bonds is 6. The van der Waals surface area contributed by atoms with Crippen LogP contribution < -0.4 is 5.32 Å². The number of methoxy groups -OCH3 is 1. The minimum Gasteiger partial charge on any atom is -0.465 e. The molecule has 1 fully saturated rings. The molecule has 0 radical (unpaired) electrons. The summed E-state index contributed by atoms with van der Waals surface area (Å²) in [4.78, 5) is 38.5. The number of benzene rings is 2. The van der Waals surface area contributed by atoms with Crippen LogP contribution in [-0.4, -0.2) is 49.3 Å². The molecule has 28 heavy (non-hydrogen) atoms. The number of nitrogens with one attached hydrogen (secondary N) is 1. The highest BCUT2D eigenvalue weighted by atomic mass is 16.5. The number of esters is 1. The van der Waals surface area contributed by atoms with Gasteiger partial charge in [-0.2, -0.15) is 0 Å². The van der Waals surface area contributed by atoms with Crippen LogP contribution in [0.25, 0.3) is 0 Å². The van der Waals surface area contributed by atoms with Crippen molar-refractivity contribution in [3.05, 3.63) is 65.7 Å². The number of ether oxygens (including phenoxy) is 1. The third-order valence-corrected chi connectivity index (χ3v) is 4.95. The SMILES string of the molecule is COC(=O)c1cccc(NC(=O)CN2CCC(C(=O)c3ccccc3)CC2)c1. The molecule has 1 saturated heterocycles. The zero-order valence-electron chi connectivity index (χ0n) is 15.9. The van der Waals surface area contributed by atoms with Gasteiger partial charge in [-0.1, -0.05) is 36.4 Å². The Kier molecular flexibility index (Phi) is 6.55. The lowest BCUT2D eigenvalue weighted by Gasteiger charge is -2.30. The van der Waals surface area contributed by atoms with Crippen molar-refractivity contribution in [1.29, 1.82) is 0 Å². The molecule has 1 heterocycles. The van der Waals surface area contributed by atoms with Gasteiger partial charge in [0.05, 0.1) is 19.2 Å². The molecule has 0 saturated carbocycles. The molecule has 0 aromatic heterocycles. The summed E-state index contributed by atoms with van der Waals surface area (Å²) in [6, 6.07) is 16.0. The Morgan fingerprint density at radius 2 is 1.68 bits per heavy atom. The fourth-order valence-electron chi connectivity index (χ4n) is 3.44. The maximum Gasteiger partial charge on any atom is 0.337 e. The lowest BCUT2D eigenvalue weighted by molar-refractivity contribution is -0.117. The predicted octanol–water partition coefficient (Wildman–Crippen LogP) is 3.01. The van der Waals surface area contributed by atoms with Crippen LogP contribution in [0.4, 0.5) is 5.69 Å². The van der Waals surface area contributed by atoms with Crippen LogP contribution in [0.3, 0.4) is 0 Å². The van der Waals surface area contributed by atoms with E-state index in [1.165, 1.54) is 7.11 Å². The monoisotopic (exact) mass is 380 g/mol. The average molecular weight is 380 g/mol. The number of likely N-dealkylation sites (tertiary alicyclic amines) is 1. The molecule has 2 aromatic rings. The Hall–Kier alpha value is -2.99. The van der Waals surface area contributed by atoms with Crippen molar-refractivity contribution < 1.29 is 19.1 Å². The third kappa shape index (κ3) is 5.04. The minimum absolute atomic E-state index is 0.0125. The van der Waals surface area contributed by atoms with Crippen molar-refractivity contribution in [1.82, 2.24) is 4.90 Å². The lowest BCUT2D eigenvalue weighted by atomic mass is 9.89. The van der Waals surface area contributed by atoms with Crippen molar-refractivity contribution in [2.75, 3.05) is 32.1 Å². The van der Waals surface area contributed by atoms with Crippen molar-refractivity contribution in [3.63, 3.8) is 0 Å². The second-order valence-electron chi connectivity index (χ2n) is 6.90. The number of carbonyl (C=O) groups excluding carboxylic acids is 3. The van der Waals surface area contributed by atoms with Gasteiger partial charge in [0.2, 0.25) is 5.91 Å². The van der Waals surface area contributed by atoms with Gasteiger partial charge in [0.1, 0.15) is 0 Å². The van der Waals surface area contributed by atoms with E-state index in [-0.39, 0.29) is 24.2 Å².